The van der Waals surface area contributed by atoms with Gasteiger partial charge in [-0.25, -0.2) is 9.97 Å². The lowest BCUT2D eigenvalue weighted by Gasteiger charge is -2.37. The van der Waals surface area contributed by atoms with Crippen molar-refractivity contribution in [3.05, 3.63) is 158 Å². The van der Waals surface area contributed by atoms with Gasteiger partial charge >= 0.3 is 0 Å². The van der Waals surface area contributed by atoms with Crippen molar-refractivity contribution >= 4 is 51.0 Å². The molecule has 0 fully saturated rings. The monoisotopic (exact) mass is 760 g/mol. The van der Waals surface area contributed by atoms with Gasteiger partial charge in [0.15, 0.2) is 5.82 Å². The van der Waals surface area contributed by atoms with Crippen LogP contribution in [0.2, 0.25) is 0 Å². The Balaban J connectivity index is 1.17. The number of aromatic nitrogens is 2. The molecule has 0 saturated carbocycles. The average Bonchev–Trinajstić information content (AvgIpc) is 3.29. The first-order chi connectivity index (χ1) is 29.0. The lowest BCUT2D eigenvalue weighted by Crippen LogP contribution is -2.33. The first-order valence-corrected chi connectivity index (χ1v) is 21.7. The predicted molar refractivity (Wildman–Crippen MR) is 239 cm³/mol. The van der Waals surface area contributed by atoms with Gasteiger partial charge in [-0.15, -0.1) is 0 Å². The summed E-state index contributed by atoms with van der Waals surface area (Å²) in [6.45, 7) is 2.23. The van der Waals surface area contributed by atoms with E-state index in [9.17, 15) is 10.5 Å². The highest BCUT2D eigenvalue weighted by Crippen LogP contribution is 2.51. The number of rotatable bonds is 4. The maximum Gasteiger partial charge on any atom is 0.156 e. The van der Waals surface area contributed by atoms with Crippen molar-refractivity contribution in [2.24, 2.45) is 5.92 Å². The van der Waals surface area contributed by atoms with E-state index in [0.29, 0.717) is 35.6 Å². The van der Waals surface area contributed by atoms with Crippen molar-refractivity contribution in [2.75, 3.05) is 0 Å². The van der Waals surface area contributed by atoms with Gasteiger partial charge in [0.1, 0.15) is 0 Å². The zero-order valence-corrected chi connectivity index (χ0v) is 33.4. The molecule has 7 aliphatic rings. The molecule has 12 rings (SSSR count). The van der Waals surface area contributed by atoms with Crippen molar-refractivity contribution in [2.45, 2.75) is 87.9 Å². The number of nitriles is 2. The highest BCUT2D eigenvalue weighted by molar-refractivity contribution is 6.05. The lowest BCUT2D eigenvalue weighted by molar-refractivity contribution is 0.496. The predicted octanol–water partition coefficient (Wildman–Crippen LogP) is 11.5. The average molecular weight is 761 g/mol. The number of hydrogen-bond donors (Lipinski definition) is 0. The molecule has 59 heavy (non-hydrogen) atoms. The van der Waals surface area contributed by atoms with E-state index in [-0.39, 0.29) is 5.92 Å². The van der Waals surface area contributed by atoms with Crippen LogP contribution in [0.1, 0.15) is 121 Å². The highest BCUT2D eigenvalue weighted by atomic mass is 14.9. The van der Waals surface area contributed by atoms with E-state index in [0.717, 1.165) is 59.8 Å². The summed E-state index contributed by atoms with van der Waals surface area (Å²) in [7, 11) is 0. The third kappa shape index (κ3) is 5.25. The van der Waals surface area contributed by atoms with Crippen LogP contribution in [0.3, 0.4) is 0 Å². The van der Waals surface area contributed by atoms with Gasteiger partial charge in [0, 0.05) is 27.9 Å². The zero-order chi connectivity index (χ0) is 39.4. The Hall–Kier alpha value is -6.36. The van der Waals surface area contributed by atoms with Gasteiger partial charge in [-0.05, 0) is 159 Å². The van der Waals surface area contributed by atoms with Crippen LogP contribution in [0, 0.1) is 28.6 Å². The third-order valence-corrected chi connectivity index (χ3v) is 14.8. The molecule has 7 aliphatic carbocycles. The summed E-state index contributed by atoms with van der Waals surface area (Å²) in [5, 5.41) is 26.8. The maximum absolute atomic E-state index is 10.2. The molecule has 5 aromatic rings. The number of hydrogen-bond acceptors (Lipinski definition) is 4. The number of allylic oxidation sites excluding steroid dienone is 11. The second-order valence-corrected chi connectivity index (χ2v) is 18.2. The van der Waals surface area contributed by atoms with Crippen LogP contribution in [0.4, 0.5) is 0 Å². The highest BCUT2D eigenvalue weighted by Gasteiger charge is 2.36. The number of fused-ring (bicyclic) bond motifs is 1. The molecule has 0 spiro atoms. The summed E-state index contributed by atoms with van der Waals surface area (Å²) in [5.74, 6) is 1.94. The largest absolute Gasteiger partial charge is 0.232 e. The van der Waals surface area contributed by atoms with Gasteiger partial charge in [0.05, 0.1) is 29.3 Å². The topological polar surface area (TPSA) is 73.4 Å². The third-order valence-electron chi connectivity index (χ3n) is 14.8. The Morgan fingerprint density at radius 1 is 0.814 bits per heavy atom. The quantitative estimate of drug-likeness (QED) is 0.183. The molecule has 0 radical (unpaired) electrons. The molecule has 0 amide bonds. The molecule has 1 aromatic heterocycles. The molecule has 5 atom stereocenters. The smallest absolute Gasteiger partial charge is 0.156 e. The molecule has 4 aromatic carbocycles. The Morgan fingerprint density at radius 2 is 1.73 bits per heavy atom. The summed E-state index contributed by atoms with van der Waals surface area (Å²) >= 11 is 0. The Morgan fingerprint density at radius 3 is 2.64 bits per heavy atom. The Labute approximate surface area is 345 Å². The lowest BCUT2D eigenvalue weighted by atomic mass is 9.67. The summed E-state index contributed by atoms with van der Waals surface area (Å²) in [5.41, 5.74) is 15.4. The molecule has 284 valence electrons. The van der Waals surface area contributed by atoms with E-state index in [4.69, 9.17) is 9.97 Å². The second kappa shape index (κ2) is 13.1. The van der Waals surface area contributed by atoms with Gasteiger partial charge in [0.25, 0.3) is 0 Å². The van der Waals surface area contributed by atoms with Gasteiger partial charge in [-0.2, -0.15) is 10.5 Å². The van der Waals surface area contributed by atoms with E-state index in [1.807, 2.05) is 18.2 Å². The fraction of sp³-hybridized carbons (Fsp3) is 0.273. The summed E-state index contributed by atoms with van der Waals surface area (Å²) < 4.78 is 0. The number of benzene rings is 4. The van der Waals surface area contributed by atoms with Crippen LogP contribution in [0.25, 0.3) is 62.2 Å². The van der Waals surface area contributed by atoms with Crippen LogP contribution in [0.5, 0.6) is 0 Å². The molecule has 0 N–H and O–H groups in total. The first-order valence-electron chi connectivity index (χ1n) is 21.7. The van der Waals surface area contributed by atoms with Crippen LogP contribution in [-0.2, 0) is 11.8 Å². The van der Waals surface area contributed by atoms with Crippen LogP contribution in [-0.4, -0.2) is 9.97 Å². The van der Waals surface area contributed by atoms with Crippen LogP contribution in [0.15, 0.2) is 103 Å². The minimum absolute atomic E-state index is 0.230. The molecular formula is C55H44N4. The SMILES string of the molecule is CC1(c2nc(C3=CC=CC(C#N)C3)nc3c(-c4ccc5ccc6c7c5c4CCC7CC=C6)cc(C4=CC=c5ccc6c7c5C4CCC7CCC=6)cc23)C=C(C#N)C=CC1. The Kier molecular flexibility index (Phi) is 7.68. The number of aryl methyl sites for hydroxylation is 1. The molecule has 0 aliphatic heterocycles. The molecule has 0 bridgehead atoms. The standard InChI is InChI=1S/C55H44N4/c1-55(25-5-7-33(29-55)31-57)53-47-28-41(42-21-17-38-15-13-34-8-3-10-36-19-23-44(42)50(38)48(34)36)27-46(52(47)58-54(59-53)40-12-2-6-32(26-40)30-56)43-22-18-39-16-14-35-9-4-11-37-20-24-45(43)51(39)49(35)37/h2,4-9,12-18,21-22,27-29,32,36-37,44H,3,10-11,19-20,23-26H2,1H3. The zero-order valence-electron chi connectivity index (χ0n) is 33.4. The van der Waals surface area contributed by atoms with Crippen molar-refractivity contribution < 1.29 is 0 Å². The van der Waals surface area contributed by atoms with Gasteiger partial charge < -0.3 is 0 Å². The normalized spacial score (nSPS) is 25.5. The van der Waals surface area contributed by atoms with Crippen LogP contribution < -0.4 is 10.4 Å². The fourth-order valence-corrected chi connectivity index (χ4v) is 12.1. The van der Waals surface area contributed by atoms with Gasteiger partial charge in [0.2, 0.25) is 0 Å². The first kappa shape index (κ1) is 34.7. The molecule has 1 heterocycles. The molecule has 5 unspecified atom stereocenters. The van der Waals surface area contributed by atoms with Gasteiger partial charge in [-0.3, -0.25) is 0 Å². The second-order valence-electron chi connectivity index (χ2n) is 18.2. The van der Waals surface area contributed by atoms with E-state index in [1.165, 1.54) is 73.9 Å². The molecule has 0 saturated heterocycles. The van der Waals surface area contributed by atoms with Gasteiger partial charge in [-0.1, -0.05) is 104 Å². The van der Waals surface area contributed by atoms with Crippen molar-refractivity contribution in [1.29, 1.82) is 10.5 Å². The van der Waals surface area contributed by atoms with E-state index >= 15 is 0 Å². The van der Waals surface area contributed by atoms with Crippen molar-refractivity contribution in [3.8, 4) is 23.3 Å². The van der Waals surface area contributed by atoms with E-state index in [2.05, 4.69) is 116 Å². The van der Waals surface area contributed by atoms with E-state index < -0.39 is 5.41 Å². The van der Waals surface area contributed by atoms with Crippen molar-refractivity contribution in [3.63, 3.8) is 0 Å². The number of nitrogens with zero attached hydrogens (tertiary/aromatic N) is 4. The molecule has 4 heteroatoms. The minimum atomic E-state index is -0.547. The summed E-state index contributed by atoms with van der Waals surface area (Å²) in [6.07, 6.45) is 33.5. The van der Waals surface area contributed by atoms with Crippen molar-refractivity contribution in [1.82, 2.24) is 9.97 Å². The fourth-order valence-electron chi connectivity index (χ4n) is 12.1. The molecular weight excluding hydrogens is 717 g/mol. The maximum atomic E-state index is 10.2. The summed E-state index contributed by atoms with van der Waals surface area (Å²) in [4.78, 5) is 11.1. The Bertz CT molecular complexity index is 3150. The minimum Gasteiger partial charge on any atom is -0.232 e. The summed E-state index contributed by atoms with van der Waals surface area (Å²) in [6, 6.07) is 23.8. The van der Waals surface area contributed by atoms with E-state index in [1.54, 1.807) is 11.1 Å². The molecule has 4 nitrogen and oxygen atoms in total. The van der Waals surface area contributed by atoms with Crippen LogP contribution >= 0.6 is 0 Å².